The largest absolute Gasteiger partial charge is 0.383 e. The zero-order chi connectivity index (χ0) is 19.2. The number of ether oxygens (including phenoxy) is 1. The molecule has 0 amide bonds. The summed E-state index contributed by atoms with van der Waals surface area (Å²) in [6.45, 7) is 2.35. The zero-order valence-electron chi connectivity index (χ0n) is 15.4. The fourth-order valence-electron chi connectivity index (χ4n) is 2.81. The molecule has 1 aromatic carbocycles. The third-order valence-electron chi connectivity index (χ3n) is 4.12. The molecule has 0 unspecified atom stereocenters. The molecule has 8 heteroatoms. The van der Waals surface area contributed by atoms with Crippen LogP contribution in [0.1, 0.15) is 5.56 Å². The van der Waals surface area contributed by atoms with Crippen molar-refractivity contribution in [3.63, 3.8) is 0 Å². The van der Waals surface area contributed by atoms with Crippen molar-refractivity contribution in [2.24, 2.45) is 0 Å². The fourth-order valence-corrected chi connectivity index (χ4v) is 3.09. The smallest absolute Gasteiger partial charge is 0.199 e. The molecule has 0 saturated carbocycles. The predicted molar refractivity (Wildman–Crippen MR) is 104 cm³/mol. The molecule has 0 spiro atoms. The molecule has 142 valence electrons. The third kappa shape index (κ3) is 4.85. The Hall–Kier alpha value is -2.42. The van der Waals surface area contributed by atoms with Gasteiger partial charge in [0.25, 0.3) is 0 Å². The Bertz CT molecular complexity index is 924. The van der Waals surface area contributed by atoms with E-state index < -0.39 is 0 Å². The van der Waals surface area contributed by atoms with E-state index in [-0.39, 0.29) is 5.82 Å². The second-order valence-electron chi connectivity index (χ2n) is 6.27. The summed E-state index contributed by atoms with van der Waals surface area (Å²) in [6.07, 6.45) is 3.47. The van der Waals surface area contributed by atoms with Crippen molar-refractivity contribution < 1.29 is 9.13 Å². The van der Waals surface area contributed by atoms with Gasteiger partial charge in [-0.05, 0) is 49.1 Å². The number of hydrogen-bond acceptors (Lipinski definition) is 5. The molecule has 3 aromatic rings. The van der Waals surface area contributed by atoms with Crippen LogP contribution in [0.4, 0.5) is 4.39 Å². The third-order valence-corrected chi connectivity index (χ3v) is 4.55. The molecule has 0 aliphatic carbocycles. The van der Waals surface area contributed by atoms with Gasteiger partial charge in [-0.3, -0.25) is 14.5 Å². The standard InChI is InChI=1S/C19H22FN5OS/c1-23(13-15-3-5-17(20)6-4-15)14-25-19(27)24(11-12-26-2)18(22-25)16-7-9-21-10-8-16/h3-10H,11-14H2,1-2H3. The van der Waals surface area contributed by atoms with Gasteiger partial charge in [0.1, 0.15) is 5.82 Å². The van der Waals surface area contributed by atoms with Gasteiger partial charge in [0.2, 0.25) is 0 Å². The highest BCUT2D eigenvalue weighted by Crippen LogP contribution is 2.18. The Morgan fingerprint density at radius 3 is 2.52 bits per heavy atom. The lowest BCUT2D eigenvalue weighted by Crippen LogP contribution is -2.22. The fraction of sp³-hybridized carbons (Fsp3) is 0.316. The lowest BCUT2D eigenvalue weighted by Gasteiger charge is -2.16. The Labute approximate surface area is 162 Å². The van der Waals surface area contributed by atoms with E-state index in [1.165, 1.54) is 12.1 Å². The van der Waals surface area contributed by atoms with Gasteiger partial charge in [-0.25, -0.2) is 9.07 Å². The van der Waals surface area contributed by atoms with Crippen LogP contribution in [0.5, 0.6) is 0 Å². The summed E-state index contributed by atoms with van der Waals surface area (Å²) in [5, 5.41) is 4.72. The first kappa shape index (κ1) is 19.3. The summed E-state index contributed by atoms with van der Waals surface area (Å²) in [7, 11) is 3.64. The Morgan fingerprint density at radius 2 is 1.85 bits per heavy atom. The molecule has 0 N–H and O–H groups in total. The van der Waals surface area contributed by atoms with Gasteiger partial charge >= 0.3 is 0 Å². The van der Waals surface area contributed by atoms with Crippen molar-refractivity contribution in [2.75, 3.05) is 20.8 Å². The van der Waals surface area contributed by atoms with Crippen LogP contribution in [0, 0.1) is 10.6 Å². The van der Waals surface area contributed by atoms with Crippen molar-refractivity contribution in [1.82, 2.24) is 24.2 Å². The summed E-state index contributed by atoms with van der Waals surface area (Å²) >= 11 is 5.64. The van der Waals surface area contributed by atoms with E-state index in [1.807, 2.05) is 23.7 Å². The summed E-state index contributed by atoms with van der Waals surface area (Å²) in [5.41, 5.74) is 1.98. The summed E-state index contributed by atoms with van der Waals surface area (Å²) < 4.78 is 22.7. The molecule has 27 heavy (non-hydrogen) atoms. The van der Waals surface area contributed by atoms with Crippen LogP contribution in [0.15, 0.2) is 48.8 Å². The normalized spacial score (nSPS) is 11.3. The molecule has 0 aliphatic rings. The van der Waals surface area contributed by atoms with Crippen LogP contribution >= 0.6 is 12.2 Å². The first-order valence-corrected chi connectivity index (χ1v) is 8.99. The lowest BCUT2D eigenvalue weighted by atomic mass is 10.2. The Morgan fingerprint density at radius 1 is 1.15 bits per heavy atom. The monoisotopic (exact) mass is 387 g/mol. The highest BCUT2D eigenvalue weighted by atomic mass is 32.1. The van der Waals surface area contributed by atoms with E-state index >= 15 is 0 Å². The van der Waals surface area contributed by atoms with Crippen molar-refractivity contribution in [1.29, 1.82) is 0 Å². The van der Waals surface area contributed by atoms with E-state index in [9.17, 15) is 4.39 Å². The summed E-state index contributed by atoms with van der Waals surface area (Å²) in [5.74, 6) is 0.553. The minimum atomic E-state index is -0.234. The maximum absolute atomic E-state index is 13.1. The molecule has 3 rings (SSSR count). The molecule has 6 nitrogen and oxygen atoms in total. The number of rotatable bonds is 8. The van der Waals surface area contributed by atoms with Gasteiger partial charge in [-0.15, -0.1) is 0 Å². The minimum absolute atomic E-state index is 0.234. The number of pyridine rings is 1. The number of aromatic nitrogens is 4. The van der Waals surface area contributed by atoms with Gasteiger partial charge < -0.3 is 4.74 Å². The second-order valence-corrected chi connectivity index (χ2v) is 6.63. The highest BCUT2D eigenvalue weighted by Gasteiger charge is 2.14. The molecule has 2 heterocycles. The zero-order valence-corrected chi connectivity index (χ0v) is 16.2. The van der Waals surface area contributed by atoms with E-state index in [0.29, 0.717) is 31.1 Å². The van der Waals surface area contributed by atoms with Gasteiger partial charge in [0.15, 0.2) is 10.6 Å². The van der Waals surface area contributed by atoms with Gasteiger partial charge in [-0.1, -0.05) is 12.1 Å². The number of nitrogens with zero attached hydrogens (tertiary/aromatic N) is 5. The maximum atomic E-state index is 13.1. The highest BCUT2D eigenvalue weighted by molar-refractivity contribution is 7.71. The summed E-state index contributed by atoms with van der Waals surface area (Å²) in [6, 6.07) is 10.3. The molecule has 2 aromatic heterocycles. The van der Waals surface area contributed by atoms with Crippen LogP contribution in [-0.2, 0) is 24.5 Å². The van der Waals surface area contributed by atoms with Crippen molar-refractivity contribution in [2.45, 2.75) is 19.8 Å². The van der Waals surface area contributed by atoms with Gasteiger partial charge in [0, 0.05) is 31.6 Å². The van der Waals surface area contributed by atoms with Gasteiger partial charge in [0.05, 0.1) is 19.8 Å². The number of halogens is 1. The SMILES string of the molecule is COCCn1c(-c2ccncc2)nn(CN(C)Cc2ccc(F)cc2)c1=S. The molecule has 0 bridgehead atoms. The molecular weight excluding hydrogens is 365 g/mol. The van der Waals surface area contributed by atoms with Crippen molar-refractivity contribution >= 4 is 12.2 Å². The van der Waals surface area contributed by atoms with E-state index in [1.54, 1.807) is 36.3 Å². The number of benzene rings is 1. The Balaban J connectivity index is 1.83. The average Bonchev–Trinajstić information content (AvgIpc) is 2.98. The van der Waals surface area contributed by atoms with E-state index in [0.717, 1.165) is 17.0 Å². The average molecular weight is 387 g/mol. The van der Waals surface area contributed by atoms with Crippen LogP contribution in [0.2, 0.25) is 0 Å². The molecule has 0 radical (unpaired) electrons. The lowest BCUT2D eigenvalue weighted by molar-refractivity contribution is 0.186. The van der Waals surface area contributed by atoms with E-state index in [2.05, 4.69) is 9.88 Å². The molecular formula is C19H22FN5OS. The molecule has 0 atom stereocenters. The Kier molecular flexibility index (Phi) is 6.44. The molecule has 0 fully saturated rings. The molecule has 0 aliphatic heterocycles. The molecule has 0 saturated heterocycles. The second kappa shape index (κ2) is 8.98. The first-order valence-electron chi connectivity index (χ1n) is 8.58. The van der Waals surface area contributed by atoms with E-state index in [4.69, 9.17) is 22.1 Å². The maximum Gasteiger partial charge on any atom is 0.199 e. The predicted octanol–water partition coefficient (Wildman–Crippen LogP) is 3.35. The quantitative estimate of drug-likeness (QED) is 0.555. The van der Waals surface area contributed by atoms with Crippen LogP contribution in [0.25, 0.3) is 11.4 Å². The van der Waals surface area contributed by atoms with Crippen molar-refractivity contribution in [3.8, 4) is 11.4 Å². The number of methoxy groups -OCH3 is 1. The topological polar surface area (TPSA) is 48.1 Å². The minimum Gasteiger partial charge on any atom is -0.383 e. The van der Waals surface area contributed by atoms with Crippen molar-refractivity contribution in [3.05, 3.63) is 64.9 Å². The van der Waals surface area contributed by atoms with Crippen LogP contribution in [0.3, 0.4) is 0 Å². The van der Waals surface area contributed by atoms with Crippen LogP contribution in [-0.4, -0.2) is 45.0 Å². The first-order chi connectivity index (χ1) is 13.1. The number of hydrogen-bond donors (Lipinski definition) is 0. The summed E-state index contributed by atoms with van der Waals surface area (Å²) in [4.78, 5) is 6.14. The van der Waals surface area contributed by atoms with Gasteiger partial charge in [-0.2, -0.15) is 5.10 Å². The van der Waals surface area contributed by atoms with Crippen LogP contribution < -0.4 is 0 Å².